The number of carbonyl (C=O) groups is 2. The molecule has 0 radical (unpaired) electrons. The Morgan fingerprint density at radius 2 is 2.00 bits per heavy atom. The summed E-state index contributed by atoms with van der Waals surface area (Å²) in [5.74, 6) is -2.09. The van der Waals surface area contributed by atoms with Crippen LogP contribution in [0, 0.1) is 10.1 Å². The van der Waals surface area contributed by atoms with Crippen LogP contribution in [0.2, 0.25) is 0 Å². The monoisotopic (exact) mass is 299 g/mol. The number of hydrazine groups is 1. The zero-order valence-electron chi connectivity index (χ0n) is 10.3. The second-order valence-corrected chi connectivity index (χ2v) is 4.83. The SMILES string of the molecule is NC(=O)CC[C@@H](C(=O)O)N(Sc1ccccc1)[N+](=O)[O-]. The number of rotatable bonds is 8. The second kappa shape index (κ2) is 7.34. The fourth-order valence-corrected chi connectivity index (χ4v) is 2.29. The third-order valence-corrected chi connectivity index (χ3v) is 3.38. The number of benzene rings is 1. The highest BCUT2D eigenvalue weighted by Gasteiger charge is 2.34. The van der Waals surface area contributed by atoms with E-state index in [0.29, 0.717) is 21.3 Å². The van der Waals surface area contributed by atoms with Crippen molar-refractivity contribution in [1.82, 2.24) is 4.41 Å². The molecule has 1 aromatic carbocycles. The molecule has 0 fully saturated rings. The molecule has 0 aliphatic carbocycles. The van der Waals surface area contributed by atoms with E-state index < -0.39 is 23.0 Å². The molecule has 0 aliphatic rings. The molecule has 0 aliphatic heterocycles. The Morgan fingerprint density at radius 3 is 2.45 bits per heavy atom. The Balaban J connectivity index is 2.88. The Hall–Kier alpha value is -2.29. The van der Waals surface area contributed by atoms with Gasteiger partial charge in [0.1, 0.15) is 0 Å². The molecule has 0 saturated carbocycles. The Labute approximate surface area is 118 Å². The van der Waals surface area contributed by atoms with E-state index >= 15 is 0 Å². The molecular weight excluding hydrogens is 286 g/mol. The largest absolute Gasteiger partial charge is 0.480 e. The van der Waals surface area contributed by atoms with Gasteiger partial charge in [-0.15, -0.1) is 0 Å². The fourth-order valence-electron chi connectivity index (χ4n) is 1.41. The molecule has 0 saturated heterocycles. The smallest absolute Gasteiger partial charge is 0.333 e. The van der Waals surface area contributed by atoms with E-state index in [2.05, 4.69) is 0 Å². The number of nitrogens with zero attached hydrogens (tertiary/aromatic N) is 2. The summed E-state index contributed by atoms with van der Waals surface area (Å²) >= 11 is 0.686. The molecule has 0 spiro atoms. The Morgan fingerprint density at radius 1 is 1.40 bits per heavy atom. The van der Waals surface area contributed by atoms with Crippen LogP contribution in [0.3, 0.4) is 0 Å². The van der Waals surface area contributed by atoms with Gasteiger partial charge in [-0.1, -0.05) is 18.2 Å². The normalized spacial score (nSPS) is 11.6. The molecule has 8 nitrogen and oxygen atoms in total. The number of aliphatic carboxylic acids is 1. The minimum Gasteiger partial charge on any atom is -0.480 e. The summed E-state index contributed by atoms with van der Waals surface area (Å²) in [5.41, 5.74) is 4.94. The van der Waals surface area contributed by atoms with Gasteiger partial charge in [-0.05, 0) is 23.0 Å². The molecule has 3 N–H and O–H groups in total. The number of nitro groups is 1. The topological polar surface area (TPSA) is 127 Å². The van der Waals surface area contributed by atoms with Crippen LogP contribution in [0.5, 0.6) is 0 Å². The van der Waals surface area contributed by atoms with Crippen molar-refractivity contribution < 1.29 is 19.7 Å². The van der Waals surface area contributed by atoms with Gasteiger partial charge in [0.05, 0.1) is 11.9 Å². The van der Waals surface area contributed by atoms with Crippen LogP contribution in [-0.2, 0) is 9.59 Å². The van der Waals surface area contributed by atoms with E-state index in [1.165, 1.54) is 0 Å². The van der Waals surface area contributed by atoms with Crippen LogP contribution < -0.4 is 5.73 Å². The predicted molar refractivity (Wildman–Crippen MR) is 71.0 cm³/mol. The van der Waals surface area contributed by atoms with E-state index in [9.17, 15) is 19.7 Å². The maximum atomic E-state index is 11.1. The van der Waals surface area contributed by atoms with Crippen molar-refractivity contribution in [1.29, 1.82) is 0 Å². The molecule has 9 heteroatoms. The molecular formula is C11H13N3O5S. The number of primary amides is 1. The van der Waals surface area contributed by atoms with Crippen molar-refractivity contribution >= 4 is 23.8 Å². The van der Waals surface area contributed by atoms with Crippen LogP contribution in [0.25, 0.3) is 0 Å². The van der Waals surface area contributed by atoms with Crippen LogP contribution in [0.4, 0.5) is 0 Å². The second-order valence-electron chi connectivity index (χ2n) is 3.80. The molecule has 0 heterocycles. The van der Waals surface area contributed by atoms with Gasteiger partial charge in [-0.25, -0.2) is 14.9 Å². The molecule has 0 unspecified atom stereocenters. The minimum atomic E-state index is -1.44. The fraction of sp³-hybridized carbons (Fsp3) is 0.273. The highest BCUT2D eigenvalue weighted by Crippen LogP contribution is 2.26. The number of carboxylic acid groups (broad SMARTS) is 1. The number of amides is 1. The maximum absolute atomic E-state index is 11.1. The number of carboxylic acids is 1. The van der Waals surface area contributed by atoms with E-state index in [1.54, 1.807) is 30.3 Å². The van der Waals surface area contributed by atoms with Crippen LogP contribution in [-0.4, -0.2) is 32.5 Å². The molecule has 0 bridgehead atoms. The highest BCUT2D eigenvalue weighted by atomic mass is 32.2. The van der Waals surface area contributed by atoms with Crippen molar-refractivity contribution in [2.75, 3.05) is 0 Å². The van der Waals surface area contributed by atoms with Gasteiger partial charge in [0.15, 0.2) is 11.1 Å². The molecule has 108 valence electrons. The standard InChI is InChI=1S/C11H13N3O5S/c12-10(15)7-6-9(11(16)17)13(14(18)19)20-8-4-2-1-3-5-8/h1-5,9H,6-7H2,(H2,12,15)(H,16,17)/t9-/m0/s1. The van der Waals surface area contributed by atoms with E-state index in [4.69, 9.17) is 10.8 Å². The zero-order chi connectivity index (χ0) is 15.1. The summed E-state index contributed by atoms with van der Waals surface area (Å²) in [6, 6.07) is 6.90. The Kier molecular flexibility index (Phi) is 5.78. The maximum Gasteiger partial charge on any atom is 0.333 e. The number of carbonyl (C=O) groups excluding carboxylic acids is 1. The quantitative estimate of drug-likeness (QED) is 0.415. The van der Waals surface area contributed by atoms with Gasteiger partial charge in [0, 0.05) is 11.3 Å². The summed E-state index contributed by atoms with van der Waals surface area (Å²) < 4.78 is 0.514. The Bertz CT molecular complexity index is 496. The van der Waals surface area contributed by atoms with Crippen molar-refractivity contribution in [2.45, 2.75) is 23.8 Å². The summed E-state index contributed by atoms with van der Waals surface area (Å²) in [4.78, 5) is 33.4. The molecule has 1 atom stereocenters. The van der Waals surface area contributed by atoms with Crippen LogP contribution in [0.15, 0.2) is 35.2 Å². The molecule has 1 amide bonds. The highest BCUT2D eigenvalue weighted by molar-refractivity contribution is 7.96. The van der Waals surface area contributed by atoms with E-state index in [-0.39, 0.29) is 12.8 Å². The molecule has 1 aromatic rings. The van der Waals surface area contributed by atoms with Gasteiger partial charge in [0.2, 0.25) is 5.91 Å². The lowest BCUT2D eigenvalue weighted by Crippen LogP contribution is -2.40. The molecule has 1 rings (SSSR count). The van der Waals surface area contributed by atoms with E-state index in [0.717, 1.165) is 0 Å². The van der Waals surface area contributed by atoms with Gasteiger partial charge in [-0.2, -0.15) is 0 Å². The van der Waals surface area contributed by atoms with Gasteiger partial charge >= 0.3 is 5.97 Å². The third kappa shape index (κ3) is 4.76. The molecule has 20 heavy (non-hydrogen) atoms. The van der Waals surface area contributed by atoms with Gasteiger partial charge in [0.25, 0.3) is 0 Å². The van der Waals surface area contributed by atoms with Crippen LogP contribution in [0.1, 0.15) is 12.8 Å². The summed E-state index contributed by atoms with van der Waals surface area (Å²) in [6.45, 7) is 0. The zero-order valence-corrected chi connectivity index (χ0v) is 11.2. The first kappa shape index (κ1) is 15.8. The average Bonchev–Trinajstić information content (AvgIpc) is 2.38. The number of nitrogens with two attached hydrogens (primary N) is 1. The first-order valence-electron chi connectivity index (χ1n) is 5.59. The van der Waals surface area contributed by atoms with E-state index in [1.807, 2.05) is 0 Å². The summed E-state index contributed by atoms with van der Waals surface area (Å²) in [7, 11) is 0. The van der Waals surface area contributed by atoms with Crippen molar-refractivity contribution in [2.24, 2.45) is 5.73 Å². The minimum absolute atomic E-state index is 0.231. The lowest BCUT2D eigenvalue weighted by atomic mass is 10.1. The van der Waals surface area contributed by atoms with Crippen molar-refractivity contribution in [3.05, 3.63) is 40.4 Å². The third-order valence-electron chi connectivity index (χ3n) is 2.32. The summed E-state index contributed by atoms with van der Waals surface area (Å²) in [6.07, 6.45) is -0.470. The molecule has 0 aromatic heterocycles. The van der Waals surface area contributed by atoms with Crippen molar-refractivity contribution in [3.63, 3.8) is 0 Å². The number of hydrogen-bond acceptors (Lipinski definition) is 5. The lowest BCUT2D eigenvalue weighted by molar-refractivity contribution is -0.622. The van der Waals surface area contributed by atoms with Gasteiger partial charge < -0.3 is 10.8 Å². The average molecular weight is 299 g/mol. The van der Waals surface area contributed by atoms with Crippen molar-refractivity contribution in [3.8, 4) is 0 Å². The first-order chi connectivity index (χ1) is 9.41. The summed E-state index contributed by atoms with van der Waals surface area (Å²) in [5, 5.41) is 19.3. The van der Waals surface area contributed by atoms with Gasteiger partial charge in [-0.3, -0.25) is 4.79 Å². The number of hydrogen-bond donors (Lipinski definition) is 2. The lowest BCUT2D eigenvalue weighted by Gasteiger charge is -2.19. The van der Waals surface area contributed by atoms with Crippen LogP contribution >= 0.6 is 11.9 Å². The predicted octanol–water partition coefficient (Wildman–Crippen LogP) is 0.906. The first-order valence-corrected chi connectivity index (χ1v) is 6.37.